The molecule has 0 fully saturated rings. The summed E-state index contributed by atoms with van der Waals surface area (Å²) >= 11 is 0. The molecule has 6 heteroatoms. The molecule has 0 aromatic heterocycles. The van der Waals surface area contributed by atoms with Crippen LogP contribution in [0.25, 0.3) is 0 Å². The van der Waals surface area contributed by atoms with Crippen LogP contribution in [-0.4, -0.2) is 37.2 Å². The van der Waals surface area contributed by atoms with Gasteiger partial charge in [-0.2, -0.15) is 0 Å². The quantitative estimate of drug-likeness (QED) is 0.0261. The van der Waals surface area contributed by atoms with Crippen molar-refractivity contribution in [2.24, 2.45) is 0 Å². The fourth-order valence-corrected chi connectivity index (χ4v) is 10.3. The molecule has 0 rings (SSSR count). The average molecular weight is 1140 g/mol. The van der Waals surface area contributed by atoms with Gasteiger partial charge in [0.2, 0.25) is 0 Å². The Labute approximate surface area is 509 Å². The zero-order valence-corrected chi connectivity index (χ0v) is 54.5. The molecular weight excluding hydrogens is 1010 g/mol. The van der Waals surface area contributed by atoms with Crippen molar-refractivity contribution >= 4 is 17.9 Å². The molecule has 1 unspecified atom stereocenters. The van der Waals surface area contributed by atoms with Crippen LogP contribution in [0.15, 0.2) is 85.1 Å². The highest BCUT2D eigenvalue weighted by atomic mass is 16.6. The lowest BCUT2D eigenvalue weighted by molar-refractivity contribution is -0.167. The maximum absolute atomic E-state index is 12.9. The third-order valence-electron chi connectivity index (χ3n) is 15.6. The molecule has 0 saturated carbocycles. The van der Waals surface area contributed by atoms with Gasteiger partial charge in [-0.3, -0.25) is 14.4 Å². The number of rotatable bonds is 65. The molecular formula is C76H134O6. The molecule has 0 aromatic carbocycles. The molecule has 0 N–H and O–H groups in total. The van der Waals surface area contributed by atoms with Gasteiger partial charge >= 0.3 is 17.9 Å². The van der Waals surface area contributed by atoms with Crippen molar-refractivity contribution in [3.63, 3.8) is 0 Å². The maximum atomic E-state index is 12.9. The van der Waals surface area contributed by atoms with Gasteiger partial charge < -0.3 is 14.2 Å². The Hall–Kier alpha value is -3.41. The monoisotopic (exact) mass is 1140 g/mol. The molecule has 0 aliphatic rings. The predicted octanol–water partition coefficient (Wildman–Crippen LogP) is 24.6. The van der Waals surface area contributed by atoms with Crippen LogP contribution >= 0.6 is 0 Å². The molecule has 0 aromatic rings. The molecule has 0 amide bonds. The van der Waals surface area contributed by atoms with Crippen LogP contribution < -0.4 is 0 Å². The SMILES string of the molecule is CC/C=C\C/C=C\C/C=C\C/C=C\C/C=C\CCCCCCCCCCCCCCCCCC(=O)OCC(COC(=O)CCCCCCCCCCCC)OC(=O)CCCCCCCCCCCCC/C=C\C/C=C\CCCCCCC. The van der Waals surface area contributed by atoms with Crippen molar-refractivity contribution in [1.29, 1.82) is 0 Å². The number of carbonyl (C=O) groups is 3. The largest absolute Gasteiger partial charge is 0.462 e. The Bertz CT molecular complexity index is 1550. The highest BCUT2D eigenvalue weighted by molar-refractivity contribution is 5.71. The van der Waals surface area contributed by atoms with E-state index in [4.69, 9.17) is 14.2 Å². The summed E-state index contributed by atoms with van der Waals surface area (Å²) in [6.07, 6.45) is 93.3. The zero-order chi connectivity index (χ0) is 59.2. The Morgan fingerprint density at radius 1 is 0.256 bits per heavy atom. The second-order valence-corrected chi connectivity index (χ2v) is 23.8. The van der Waals surface area contributed by atoms with Crippen LogP contribution in [0.5, 0.6) is 0 Å². The Kier molecular flexibility index (Phi) is 67.2. The maximum Gasteiger partial charge on any atom is 0.306 e. The second-order valence-electron chi connectivity index (χ2n) is 23.8. The molecule has 0 heterocycles. The number of unbranched alkanes of at least 4 members (excludes halogenated alkanes) is 40. The van der Waals surface area contributed by atoms with Crippen molar-refractivity contribution in [2.45, 2.75) is 367 Å². The zero-order valence-electron chi connectivity index (χ0n) is 54.5. The van der Waals surface area contributed by atoms with E-state index < -0.39 is 6.10 Å². The highest BCUT2D eigenvalue weighted by Crippen LogP contribution is 2.18. The summed E-state index contributed by atoms with van der Waals surface area (Å²) in [6, 6.07) is 0. The fourth-order valence-electron chi connectivity index (χ4n) is 10.3. The van der Waals surface area contributed by atoms with Gasteiger partial charge in [0.25, 0.3) is 0 Å². The molecule has 82 heavy (non-hydrogen) atoms. The third-order valence-corrected chi connectivity index (χ3v) is 15.6. The smallest absolute Gasteiger partial charge is 0.306 e. The van der Waals surface area contributed by atoms with Gasteiger partial charge in [0.1, 0.15) is 13.2 Å². The van der Waals surface area contributed by atoms with Crippen LogP contribution in [0.3, 0.4) is 0 Å². The molecule has 6 nitrogen and oxygen atoms in total. The standard InChI is InChI=1S/C76H134O6/c1-4-7-10-13-16-19-22-24-26-28-30-32-34-35-36-37-38-39-40-41-43-44-46-48-50-52-54-57-60-63-66-69-75(78)81-72-73(71-80-74(77)68-65-62-59-56-21-18-15-12-9-6-3)82-76(79)70-67-64-61-58-55-53-51-49-47-45-42-33-31-29-27-25-23-20-17-14-11-8-5-2/h7,10,16,19,23-26,29-32,35-36,73H,4-6,8-9,11-15,17-18,20-22,27-28,33-34,37-72H2,1-3H3/b10-7-,19-16-,25-23-,26-24-,31-29-,32-30-,36-35-. The van der Waals surface area contributed by atoms with Gasteiger partial charge in [-0.25, -0.2) is 0 Å². The van der Waals surface area contributed by atoms with Crippen LogP contribution in [0, 0.1) is 0 Å². The Balaban J connectivity index is 4.15. The summed E-state index contributed by atoms with van der Waals surface area (Å²) in [7, 11) is 0. The minimum absolute atomic E-state index is 0.0721. The Morgan fingerprint density at radius 2 is 0.476 bits per heavy atom. The first-order chi connectivity index (χ1) is 40.5. The number of allylic oxidation sites excluding steroid dienone is 14. The summed E-state index contributed by atoms with van der Waals surface area (Å²) in [5.41, 5.74) is 0. The number of carbonyl (C=O) groups excluding carboxylic acids is 3. The number of ether oxygens (including phenoxy) is 3. The molecule has 0 radical (unpaired) electrons. The van der Waals surface area contributed by atoms with Crippen LogP contribution in [-0.2, 0) is 28.6 Å². The van der Waals surface area contributed by atoms with Crippen molar-refractivity contribution in [1.82, 2.24) is 0 Å². The number of hydrogen-bond donors (Lipinski definition) is 0. The average Bonchev–Trinajstić information content (AvgIpc) is 3.47. The predicted molar refractivity (Wildman–Crippen MR) is 358 cm³/mol. The summed E-state index contributed by atoms with van der Waals surface area (Å²) in [6.45, 7) is 6.55. The van der Waals surface area contributed by atoms with E-state index in [9.17, 15) is 14.4 Å². The lowest BCUT2D eigenvalue weighted by atomic mass is 10.0. The van der Waals surface area contributed by atoms with Crippen LogP contribution in [0.2, 0.25) is 0 Å². The van der Waals surface area contributed by atoms with E-state index in [1.807, 2.05) is 0 Å². The minimum Gasteiger partial charge on any atom is -0.462 e. The summed E-state index contributed by atoms with van der Waals surface area (Å²) in [5.74, 6) is -0.857. The summed E-state index contributed by atoms with van der Waals surface area (Å²) < 4.78 is 17.0. The molecule has 0 spiro atoms. The molecule has 0 saturated heterocycles. The first-order valence-corrected chi connectivity index (χ1v) is 35.6. The van der Waals surface area contributed by atoms with Gasteiger partial charge in [-0.1, -0.05) is 331 Å². The van der Waals surface area contributed by atoms with Crippen molar-refractivity contribution in [2.75, 3.05) is 13.2 Å². The van der Waals surface area contributed by atoms with Crippen molar-refractivity contribution in [3.05, 3.63) is 85.1 Å². The first kappa shape index (κ1) is 78.6. The molecule has 0 bridgehead atoms. The Morgan fingerprint density at radius 3 is 0.744 bits per heavy atom. The topological polar surface area (TPSA) is 78.9 Å². The lowest BCUT2D eigenvalue weighted by Gasteiger charge is -2.18. The third kappa shape index (κ3) is 67.4. The van der Waals surface area contributed by atoms with Gasteiger partial charge in [-0.15, -0.1) is 0 Å². The molecule has 0 aliphatic heterocycles. The van der Waals surface area contributed by atoms with E-state index in [-0.39, 0.29) is 31.1 Å². The normalized spacial score (nSPS) is 12.6. The van der Waals surface area contributed by atoms with Gasteiger partial charge in [0.05, 0.1) is 0 Å². The van der Waals surface area contributed by atoms with E-state index in [0.717, 1.165) is 96.3 Å². The van der Waals surface area contributed by atoms with Crippen molar-refractivity contribution < 1.29 is 28.6 Å². The molecule has 1 atom stereocenters. The van der Waals surface area contributed by atoms with Crippen LogP contribution in [0.4, 0.5) is 0 Å². The highest BCUT2D eigenvalue weighted by Gasteiger charge is 2.19. The summed E-state index contributed by atoms with van der Waals surface area (Å²) in [4.78, 5) is 38.3. The molecule has 474 valence electrons. The van der Waals surface area contributed by atoms with Crippen LogP contribution in [0.1, 0.15) is 361 Å². The van der Waals surface area contributed by atoms with E-state index in [1.54, 1.807) is 0 Å². The van der Waals surface area contributed by atoms with Gasteiger partial charge in [0.15, 0.2) is 6.10 Å². The van der Waals surface area contributed by atoms with E-state index in [0.29, 0.717) is 19.3 Å². The fraction of sp³-hybridized carbons (Fsp3) is 0.776. The number of hydrogen-bond acceptors (Lipinski definition) is 6. The lowest BCUT2D eigenvalue weighted by Crippen LogP contribution is -2.30. The van der Waals surface area contributed by atoms with E-state index in [1.165, 1.54) is 225 Å². The van der Waals surface area contributed by atoms with E-state index >= 15 is 0 Å². The van der Waals surface area contributed by atoms with Gasteiger partial charge in [-0.05, 0) is 96.3 Å². The number of esters is 3. The first-order valence-electron chi connectivity index (χ1n) is 35.6. The molecule has 0 aliphatic carbocycles. The van der Waals surface area contributed by atoms with Crippen molar-refractivity contribution in [3.8, 4) is 0 Å². The minimum atomic E-state index is -0.775. The van der Waals surface area contributed by atoms with Gasteiger partial charge in [0, 0.05) is 19.3 Å². The second kappa shape index (κ2) is 70.1. The van der Waals surface area contributed by atoms with E-state index in [2.05, 4.69) is 106 Å². The summed E-state index contributed by atoms with van der Waals surface area (Å²) in [5, 5.41) is 0.